The number of aromatic nitrogens is 2. The molecule has 0 radical (unpaired) electrons. The lowest BCUT2D eigenvalue weighted by molar-refractivity contribution is -0.121. The molecule has 0 atom stereocenters. The van der Waals surface area contributed by atoms with Crippen LogP contribution in [0.5, 0.6) is 0 Å². The Balaban J connectivity index is 1.41. The molecular formula is C20H19N3O3S2. The third kappa shape index (κ3) is 6.26. The molecule has 0 aliphatic heterocycles. The van der Waals surface area contributed by atoms with Gasteiger partial charge in [0.15, 0.2) is 10.1 Å². The van der Waals surface area contributed by atoms with Crippen LogP contribution in [0.3, 0.4) is 0 Å². The summed E-state index contributed by atoms with van der Waals surface area (Å²) in [5.74, 6) is 0.00528. The highest BCUT2D eigenvalue weighted by atomic mass is 32.2. The number of carbonyl (C=O) groups is 2. The van der Waals surface area contributed by atoms with Crippen molar-refractivity contribution < 1.29 is 14.3 Å². The Bertz CT molecular complexity index is 927. The highest BCUT2D eigenvalue weighted by Gasteiger charge is 2.12. The van der Waals surface area contributed by atoms with E-state index in [1.54, 1.807) is 0 Å². The first kappa shape index (κ1) is 20.2. The number of benzene rings is 2. The Morgan fingerprint density at radius 1 is 1.07 bits per heavy atom. The van der Waals surface area contributed by atoms with E-state index in [4.69, 9.17) is 4.74 Å². The summed E-state index contributed by atoms with van der Waals surface area (Å²) < 4.78 is 6.02. The number of ether oxygens (including phenoxy) is 1. The van der Waals surface area contributed by atoms with Gasteiger partial charge in [0.05, 0.1) is 12.4 Å². The Hall–Kier alpha value is -2.55. The second-order valence-electron chi connectivity index (χ2n) is 5.98. The summed E-state index contributed by atoms with van der Waals surface area (Å²) in [6, 6.07) is 17.1. The summed E-state index contributed by atoms with van der Waals surface area (Å²) >= 11 is 2.54. The number of hydrogen-bond acceptors (Lipinski definition) is 7. The molecule has 0 unspecified atom stereocenters. The summed E-state index contributed by atoms with van der Waals surface area (Å²) in [6.45, 7) is 2.28. The molecule has 0 spiro atoms. The molecule has 2 aromatic carbocycles. The van der Waals surface area contributed by atoms with Crippen molar-refractivity contribution in [1.29, 1.82) is 0 Å². The maximum Gasteiger partial charge on any atom is 0.252 e. The second kappa shape index (κ2) is 10.1. The van der Waals surface area contributed by atoms with Gasteiger partial charge in [-0.1, -0.05) is 83.3 Å². The monoisotopic (exact) mass is 413 g/mol. The van der Waals surface area contributed by atoms with Gasteiger partial charge in [0, 0.05) is 5.56 Å². The smallest absolute Gasteiger partial charge is 0.252 e. The quantitative estimate of drug-likeness (QED) is 0.325. The van der Waals surface area contributed by atoms with E-state index in [1.165, 1.54) is 23.1 Å². The summed E-state index contributed by atoms with van der Waals surface area (Å²) in [6.07, 6.45) is 0. The van der Waals surface area contributed by atoms with Crippen LogP contribution < -0.4 is 5.32 Å². The number of nitrogens with one attached hydrogen (secondary N) is 1. The Morgan fingerprint density at radius 3 is 2.57 bits per heavy atom. The van der Waals surface area contributed by atoms with Crippen molar-refractivity contribution in [3.05, 3.63) is 71.3 Å². The van der Waals surface area contributed by atoms with E-state index in [9.17, 15) is 9.59 Å². The third-order valence-electron chi connectivity index (χ3n) is 3.70. The number of thioether (sulfide) groups is 1. The number of aryl methyl sites for hydroxylation is 1. The van der Waals surface area contributed by atoms with Gasteiger partial charge in [-0.25, -0.2) is 0 Å². The molecule has 3 aromatic rings. The average Bonchev–Trinajstić information content (AvgIpc) is 3.14. The van der Waals surface area contributed by atoms with E-state index in [1.807, 2.05) is 61.5 Å². The van der Waals surface area contributed by atoms with E-state index < -0.39 is 0 Å². The zero-order chi connectivity index (χ0) is 19.8. The third-order valence-corrected chi connectivity index (χ3v) is 5.67. The summed E-state index contributed by atoms with van der Waals surface area (Å²) in [4.78, 5) is 24.1. The van der Waals surface area contributed by atoms with Gasteiger partial charge in [0.25, 0.3) is 5.91 Å². The topological polar surface area (TPSA) is 81.2 Å². The van der Waals surface area contributed by atoms with Crippen LogP contribution in [0.1, 0.15) is 21.5 Å². The van der Waals surface area contributed by atoms with Crippen LogP contribution >= 0.6 is 23.1 Å². The van der Waals surface area contributed by atoms with E-state index in [-0.39, 0.29) is 24.1 Å². The normalized spacial score (nSPS) is 10.6. The lowest BCUT2D eigenvalue weighted by atomic mass is 10.1. The zero-order valence-electron chi connectivity index (χ0n) is 15.3. The number of rotatable bonds is 9. The molecule has 1 amide bonds. The fraction of sp³-hybridized carbons (Fsp3) is 0.200. The van der Waals surface area contributed by atoms with Crippen molar-refractivity contribution in [2.24, 2.45) is 0 Å². The standard InChI is InChI=1S/C20H19N3O3S2/c1-14-7-9-16(10-8-14)17(24)13-27-20-23-22-19(28-20)21-18(25)12-26-11-15-5-3-2-4-6-15/h2-10H,11-13H2,1H3,(H,21,22,25). The van der Waals surface area contributed by atoms with Crippen LogP contribution in [0.25, 0.3) is 0 Å². The molecule has 0 aliphatic carbocycles. The predicted molar refractivity (Wildman–Crippen MR) is 111 cm³/mol. The molecule has 8 heteroatoms. The summed E-state index contributed by atoms with van der Waals surface area (Å²) in [5, 5.41) is 11.0. The van der Waals surface area contributed by atoms with Crippen molar-refractivity contribution in [3.8, 4) is 0 Å². The van der Waals surface area contributed by atoms with Crippen LogP contribution in [-0.4, -0.2) is 34.2 Å². The van der Waals surface area contributed by atoms with Gasteiger partial charge >= 0.3 is 0 Å². The Morgan fingerprint density at radius 2 is 1.82 bits per heavy atom. The van der Waals surface area contributed by atoms with Crippen molar-refractivity contribution in [3.63, 3.8) is 0 Å². The fourth-order valence-corrected chi connectivity index (χ4v) is 3.92. The zero-order valence-corrected chi connectivity index (χ0v) is 16.9. The van der Waals surface area contributed by atoms with Crippen molar-refractivity contribution in [2.75, 3.05) is 17.7 Å². The maximum absolute atomic E-state index is 12.2. The SMILES string of the molecule is Cc1ccc(C(=O)CSc2nnc(NC(=O)COCc3ccccc3)s2)cc1. The number of hydrogen-bond donors (Lipinski definition) is 1. The van der Waals surface area contributed by atoms with Crippen molar-refractivity contribution in [2.45, 2.75) is 17.9 Å². The van der Waals surface area contributed by atoms with Crippen LogP contribution in [0.2, 0.25) is 0 Å². The minimum atomic E-state index is -0.292. The average molecular weight is 414 g/mol. The minimum Gasteiger partial charge on any atom is -0.367 e. The number of ketones is 1. The van der Waals surface area contributed by atoms with E-state index >= 15 is 0 Å². The van der Waals surface area contributed by atoms with Gasteiger partial charge in [-0.3, -0.25) is 14.9 Å². The van der Waals surface area contributed by atoms with Gasteiger partial charge in [-0.15, -0.1) is 10.2 Å². The van der Waals surface area contributed by atoms with Gasteiger partial charge in [0.1, 0.15) is 6.61 Å². The number of Topliss-reactive ketones (excluding diaryl/α,β-unsaturated/α-hetero) is 1. The van der Waals surface area contributed by atoms with Gasteiger partial charge in [-0.2, -0.15) is 0 Å². The van der Waals surface area contributed by atoms with Gasteiger partial charge in [0.2, 0.25) is 5.13 Å². The molecule has 0 fully saturated rings. The molecule has 0 saturated heterocycles. The van der Waals surface area contributed by atoms with Crippen LogP contribution in [0.4, 0.5) is 5.13 Å². The Kier molecular flexibility index (Phi) is 7.30. The molecule has 6 nitrogen and oxygen atoms in total. The molecule has 1 heterocycles. The van der Waals surface area contributed by atoms with Crippen LogP contribution in [0, 0.1) is 6.92 Å². The molecular weight excluding hydrogens is 394 g/mol. The van der Waals surface area contributed by atoms with Crippen LogP contribution in [-0.2, 0) is 16.1 Å². The minimum absolute atomic E-state index is 0.0279. The number of amides is 1. The second-order valence-corrected chi connectivity index (χ2v) is 8.18. The number of nitrogens with zero attached hydrogens (tertiary/aromatic N) is 2. The first-order valence-electron chi connectivity index (χ1n) is 8.58. The maximum atomic E-state index is 12.2. The number of carbonyl (C=O) groups excluding carboxylic acids is 2. The van der Waals surface area contributed by atoms with Gasteiger partial charge in [-0.05, 0) is 12.5 Å². The summed E-state index contributed by atoms with van der Waals surface area (Å²) in [7, 11) is 0. The highest BCUT2D eigenvalue weighted by Crippen LogP contribution is 2.26. The lowest BCUT2D eigenvalue weighted by Crippen LogP contribution is -2.18. The summed E-state index contributed by atoms with van der Waals surface area (Å²) in [5.41, 5.74) is 2.79. The fourth-order valence-electron chi connectivity index (χ4n) is 2.26. The van der Waals surface area contributed by atoms with E-state index in [2.05, 4.69) is 15.5 Å². The molecule has 1 N–H and O–H groups in total. The van der Waals surface area contributed by atoms with E-state index in [0.29, 0.717) is 21.6 Å². The van der Waals surface area contributed by atoms with E-state index in [0.717, 1.165) is 11.1 Å². The van der Waals surface area contributed by atoms with Gasteiger partial charge < -0.3 is 4.74 Å². The molecule has 1 aromatic heterocycles. The Labute approximate surface area is 171 Å². The molecule has 28 heavy (non-hydrogen) atoms. The van der Waals surface area contributed by atoms with Crippen molar-refractivity contribution in [1.82, 2.24) is 10.2 Å². The van der Waals surface area contributed by atoms with Crippen molar-refractivity contribution >= 4 is 39.9 Å². The number of anilines is 1. The largest absolute Gasteiger partial charge is 0.367 e. The first-order valence-corrected chi connectivity index (χ1v) is 10.4. The highest BCUT2D eigenvalue weighted by molar-refractivity contribution is 8.01. The molecule has 0 aliphatic rings. The predicted octanol–water partition coefficient (Wildman–Crippen LogP) is 3.98. The molecule has 0 saturated carbocycles. The first-order chi connectivity index (χ1) is 13.6. The lowest BCUT2D eigenvalue weighted by Gasteiger charge is -2.03. The van der Waals surface area contributed by atoms with Crippen LogP contribution in [0.15, 0.2) is 58.9 Å². The molecule has 3 rings (SSSR count). The molecule has 144 valence electrons. The molecule has 0 bridgehead atoms.